The first-order valence-corrected chi connectivity index (χ1v) is 6.05. The van der Waals surface area contributed by atoms with E-state index in [1.807, 2.05) is 0 Å². The molecule has 0 aromatic carbocycles. The Bertz CT molecular complexity index is 189. The van der Waals surface area contributed by atoms with E-state index < -0.39 is 0 Å². The second-order valence-corrected chi connectivity index (χ2v) is 5.54. The van der Waals surface area contributed by atoms with Gasteiger partial charge in [-0.1, -0.05) is 27.7 Å². The van der Waals surface area contributed by atoms with E-state index in [1.54, 1.807) is 0 Å². The third-order valence-electron chi connectivity index (χ3n) is 2.65. The lowest BCUT2D eigenvalue weighted by molar-refractivity contribution is 0.316. The van der Waals surface area contributed by atoms with Crippen LogP contribution in [0.3, 0.4) is 0 Å². The van der Waals surface area contributed by atoms with Crippen LogP contribution in [-0.4, -0.2) is 13.1 Å². The van der Waals surface area contributed by atoms with Crippen LogP contribution in [0, 0.1) is 22.7 Å². The summed E-state index contributed by atoms with van der Waals surface area (Å²) < 4.78 is 0. The topological polar surface area (TPSA) is 35.8 Å². The predicted octanol–water partition coefficient (Wildman–Crippen LogP) is 3.34. The largest absolute Gasteiger partial charge is 0.316 e. The molecule has 0 bridgehead atoms. The molecule has 0 radical (unpaired) electrons. The molecular formula is C13H26N2. The lowest BCUT2D eigenvalue weighted by Gasteiger charge is -2.23. The molecule has 0 atom stereocenters. The molecular weight excluding hydrogens is 184 g/mol. The minimum absolute atomic E-state index is 0.258. The Morgan fingerprint density at radius 3 is 2.53 bits per heavy atom. The molecule has 0 aliphatic rings. The summed E-state index contributed by atoms with van der Waals surface area (Å²) >= 11 is 0. The summed E-state index contributed by atoms with van der Waals surface area (Å²) in [6, 6.07) is 2.21. The average Bonchev–Trinajstić information content (AvgIpc) is 2.14. The van der Waals surface area contributed by atoms with Gasteiger partial charge in [-0.2, -0.15) is 5.26 Å². The summed E-state index contributed by atoms with van der Waals surface area (Å²) in [4.78, 5) is 0. The van der Waals surface area contributed by atoms with Gasteiger partial charge in [0.15, 0.2) is 0 Å². The Kier molecular flexibility index (Phi) is 7.42. The zero-order chi connectivity index (χ0) is 11.7. The van der Waals surface area contributed by atoms with Crippen molar-refractivity contribution in [2.75, 3.05) is 13.1 Å². The van der Waals surface area contributed by atoms with E-state index in [-0.39, 0.29) is 5.41 Å². The fourth-order valence-corrected chi connectivity index (χ4v) is 1.54. The van der Waals surface area contributed by atoms with Crippen LogP contribution < -0.4 is 5.32 Å². The van der Waals surface area contributed by atoms with Crippen molar-refractivity contribution in [2.45, 2.75) is 53.4 Å². The molecule has 88 valence electrons. The third-order valence-corrected chi connectivity index (χ3v) is 2.65. The molecule has 0 rings (SSSR count). The zero-order valence-electron chi connectivity index (χ0n) is 10.8. The molecule has 15 heavy (non-hydrogen) atoms. The lowest BCUT2D eigenvalue weighted by atomic mass is 9.88. The SMILES string of the molecule is CC(C)CCCNCC(C)(C)CCC#N. The standard InChI is InChI=1S/C13H26N2/c1-12(2)7-5-10-15-11-13(3,4)8-6-9-14/h12,15H,5-8,10-11H2,1-4H3. The van der Waals surface area contributed by atoms with E-state index in [2.05, 4.69) is 39.1 Å². The third kappa shape index (κ3) is 9.75. The van der Waals surface area contributed by atoms with Crippen molar-refractivity contribution in [1.82, 2.24) is 5.32 Å². The van der Waals surface area contributed by atoms with E-state index >= 15 is 0 Å². The molecule has 0 unspecified atom stereocenters. The zero-order valence-corrected chi connectivity index (χ0v) is 10.8. The van der Waals surface area contributed by atoms with Gasteiger partial charge in [0.1, 0.15) is 0 Å². The molecule has 0 saturated carbocycles. The van der Waals surface area contributed by atoms with Crippen molar-refractivity contribution in [3.05, 3.63) is 0 Å². The monoisotopic (exact) mass is 210 g/mol. The molecule has 0 aliphatic heterocycles. The molecule has 0 aromatic heterocycles. The van der Waals surface area contributed by atoms with Crippen LogP contribution in [0.1, 0.15) is 53.4 Å². The van der Waals surface area contributed by atoms with Gasteiger partial charge in [0, 0.05) is 13.0 Å². The second kappa shape index (κ2) is 7.70. The fraction of sp³-hybridized carbons (Fsp3) is 0.923. The Morgan fingerprint density at radius 1 is 1.33 bits per heavy atom. The Labute approximate surface area is 95.1 Å². The van der Waals surface area contributed by atoms with Crippen LogP contribution in [0.5, 0.6) is 0 Å². The number of nitriles is 1. The number of hydrogen-bond acceptors (Lipinski definition) is 2. The van der Waals surface area contributed by atoms with Gasteiger partial charge in [0.05, 0.1) is 6.07 Å². The average molecular weight is 210 g/mol. The molecule has 0 spiro atoms. The normalized spacial score (nSPS) is 11.7. The molecule has 0 amide bonds. The highest BCUT2D eigenvalue weighted by Crippen LogP contribution is 2.20. The molecule has 0 aromatic rings. The highest BCUT2D eigenvalue weighted by atomic mass is 14.9. The maximum Gasteiger partial charge on any atom is 0.0621 e. The van der Waals surface area contributed by atoms with E-state index in [4.69, 9.17) is 5.26 Å². The van der Waals surface area contributed by atoms with Gasteiger partial charge >= 0.3 is 0 Å². The fourth-order valence-electron chi connectivity index (χ4n) is 1.54. The second-order valence-electron chi connectivity index (χ2n) is 5.54. The van der Waals surface area contributed by atoms with Crippen molar-refractivity contribution in [1.29, 1.82) is 5.26 Å². The van der Waals surface area contributed by atoms with Crippen LogP contribution in [0.2, 0.25) is 0 Å². The minimum atomic E-state index is 0.258. The molecule has 0 aliphatic carbocycles. The first-order valence-electron chi connectivity index (χ1n) is 6.05. The molecule has 0 fully saturated rings. The quantitative estimate of drug-likeness (QED) is 0.624. The van der Waals surface area contributed by atoms with E-state index in [0.29, 0.717) is 6.42 Å². The summed E-state index contributed by atoms with van der Waals surface area (Å²) in [7, 11) is 0. The van der Waals surface area contributed by atoms with Crippen LogP contribution in [-0.2, 0) is 0 Å². The van der Waals surface area contributed by atoms with Crippen molar-refractivity contribution >= 4 is 0 Å². The van der Waals surface area contributed by atoms with Crippen molar-refractivity contribution < 1.29 is 0 Å². The smallest absolute Gasteiger partial charge is 0.0621 e. The van der Waals surface area contributed by atoms with Gasteiger partial charge in [-0.05, 0) is 37.1 Å². The highest BCUT2D eigenvalue weighted by molar-refractivity contribution is 4.78. The van der Waals surface area contributed by atoms with Gasteiger partial charge in [-0.25, -0.2) is 0 Å². The van der Waals surface area contributed by atoms with Gasteiger partial charge in [0.25, 0.3) is 0 Å². The molecule has 0 heterocycles. The van der Waals surface area contributed by atoms with Crippen LogP contribution in [0.4, 0.5) is 0 Å². The number of nitrogens with zero attached hydrogens (tertiary/aromatic N) is 1. The lowest BCUT2D eigenvalue weighted by Crippen LogP contribution is -2.30. The van der Waals surface area contributed by atoms with Crippen LogP contribution >= 0.6 is 0 Å². The van der Waals surface area contributed by atoms with Gasteiger partial charge in [-0.15, -0.1) is 0 Å². The Morgan fingerprint density at radius 2 is 2.00 bits per heavy atom. The first kappa shape index (κ1) is 14.5. The van der Waals surface area contributed by atoms with Crippen molar-refractivity contribution in [3.63, 3.8) is 0 Å². The summed E-state index contributed by atoms with van der Waals surface area (Å²) in [6.45, 7) is 11.1. The highest BCUT2D eigenvalue weighted by Gasteiger charge is 2.16. The van der Waals surface area contributed by atoms with E-state index in [0.717, 1.165) is 25.4 Å². The Balaban J connectivity index is 3.45. The Hall–Kier alpha value is -0.550. The van der Waals surface area contributed by atoms with Gasteiger partial charge in [0.2, 0.25) is 0 Å². The molecule has 2 heteroatoms. The minimum Gasteiger partial charge on any atom is -0.316 e. The maximum atomic E-state index is 8.53. The molecule has 0 saturated heterocycles. The van der Waals surface area contributed by atoms with Crippen molar-refractivity contribution in [3.8, 4) is 6.07 Å². The number of rotatable bonds is 8. The summed E-state index contributed by atoms with van der Waals surface area (Å²) in [5.41, 5.74) is 0.258. The van der Waals surface area contributed by atoms with Gasteiger partial charge in [-0.3, -0.25) is 0 Å². The number of nitrogens with one attached hydrogen (secondary N) is 1. The summed E-state index contributed by atoms with van der Waals surface area (Å²) in [6.07, 6.45) is 4.21. The number of hydrogen-bond donors (Lipinski definition) is 1. The maximum absolute atomic E-state index is 8.53. The molecule has 2 nitrogen and oxygen atoms in total. The summed E-state index contributed by atoms with van der Waals surface area (Å²) in [5.74, 6) is 0.804. The van der Waals surface area contributed by atoms with Crippen LogP contribution in [0.25, 0.3) is 0 Å². The predicted molar refractivity (Wildman–Crippen MR) is 65.6 cm³/mol. The molecule has 1 N–H and O–H groups in total. The van der Waals surface area contributed by atoms with E-state index in [1.165, 1.54) is 12.8 Å². The van der Waals surface area contributed by atoms with E-state index in [9.17, 15) is 0 Å². The first-order chi connectivity index (χ1) is 6.98. The van der Waals surface area contributed by atoms with Crippen LogP contribution in [0.15, 0.2) is 0 Å². The van der Waals surface area contributed by atoms with Crippen molar-refractivity contribution in [2.24, 2.45) is 11.3 Å². The van der Waals surface area contributed by atoms with Gasteiger partial charge < -0.3 is 5.32 Å². The summed E-state index contributed by atoms with van der Waals surface area (Å²) in [5, 5.41) is 12.0.